The Hall–Kier alpha value is -4.28. The van der Waals surface area contributed by atoms with Crippen LogP contribution in [0.2, 0.25) is 0 Å². The van der Waals surface area contributed by atoms with Crippen molar-refractivity contribution in [2.45, 2.75) is 12.5 Å². The molecule has 38 heavy (non-hydrogen) atoms. The number of nitrogens with zero attached hydrogens (tertiary/aromatic N) is 2. The highest BCUT2D eigenvalue weighted by Gasteiger charge is 2.22. The van der Waals surface area contributed by atoms with E-state index >= 15 is 0 Å². The summed E-state index contributed by atoms with van der Waals surface area (Å²) in [4.78, 5) is 33.8. The first kappa shape index (κ1) is 25.4. The van der Waals surface area contributed by atoms with E-state index in [0.717, 1.165) is 6.42 Å². The lowest BCUT2D eigenvalue weighted by atomic mass is 9.94. The fraction of sp³-hybridized carbons (Fsp3) is 0.286. The van der Waals surface area contributed by atoms with E-state index in [9.17, 15) is 9.59 Å². The van der Waals surface area contributed by atoms with Crippen molar-refractivity contribution in [1.82, 2.24) is 9.97 Å². The maximum Gasteiger partial charge on any atom is 0.186 e. The second-order valence-electron chi connectivity index (χ2n) is 8.68. The monoisotopic (exact) mass is 517 g/mol. The van der Waals surface area contributed by atoms with Gasteiger partial charge in [-0.2, -0.15) is 0 Å². The van der Waals surface area contributed by atoms with Crippen molar-refractivity contribution in [2.75, 3.05) is 46.0 Å². The summed E-state index contributed by atoms with van der Waals surface area (Å²) in [5, 5.41) is 3.99. The van der Waals surface area contributed by atoms with Gasteiger partial charge in [-0.3, -0.25) is 9.59 Å². The van der Waals surface area contributed by atoms with Crippen LogP contribution >= 0.6 is 0 Å². The Morgan fingerprint density at radius 2 is 1.95 bits per heavy atom. The molecule has 2 aromatic carbocycles. The average Bonchev–Trinajstić information content (AvgIpc) is 3.44. The summed E-state index contributed by atoms with van der Waals surface area (Å²) in [5.74, 6) is 1.56. The lowest BCUT2D eigenvalue weighted by Crippen LogP contribution is -2.16. The molecule has 0 spiro atoms. The molecule has 10 nitrogen and oxygen atoms in total. The minimum Gasteiger partial charge on any atom is -0.493 e. The van der Waals surface area contributed by atoms with Gasteiger partial charge in [0.15, 0.2) is 23.1 Å². The lowest BCUT2D eigenvalue weighted by Gasteiger charge is -2.19. The molecular formula is C28H27N3O7. The summed E-state index contributed by atoms with van der Waals surface area (Å²) in [6.45, 7) is 1.93. The number of hydrogen-bond acceptors (Lipinski definition) is 10. The SMILES string of the molecule is COCCOc1cc2ncnc(Nc3ccc(O[C@@H]4CCOC4)cc3C3=CC(=O)C=CC3=O)c2cc1OC. The first-order valence-corrected chi connectivity index (χ1v) is 12.1. The van der Waals surface area contributed by atoms with E-state index in [2.05, 4.69) is 15.3 Å². The van der Waals surface area contributed by atoms with Crippen molar-refractivity contribution in [2.24, 2.45) is 0 Å². The molecule has 5 rings (SSSR count). The molecule has 1 N–H and O–H groups in total. The molecule has 1 aliphatic carbocycles. The minimum absolute atomic E-state index is 0.0715. The third-order valence-electron chi connectivity index (χ3n) is 6.14. The Labute approximate surface area is 219 Å². The molecule has 2 aliphatic rings. The fourth-order valence-electron chi connectivity index (χ4n) is 4.24. The number of allylic oxidation sites excluding steroid dienone is 4. The highest BCUT2D eigenvalue weighted by atomic mass is 16.5. The smallest absolute Gasteiger partial charge is 0.186 e. The normalized spacial score (nSPS) is 17.0. The topological polar surface area (TPSA) is 118 Å². The van der Waals surface area contributed by atoms with E-state index in [1.807, 2.05) is 0 Å². The molecule has 0 radical (unpaired) electrons. The number of fused-ring (bicyclic) bond motifs is 1. The van der Waals surface area contributed by atoms with Crippen molar-refractivity contribution in [3.8, 4) is 17.2 Å². The van der Waals surface area contributed by atoms with Crippen LogP contribution in [0.5, 0.6) is 17.2 Å². The number of aromatic nitrogens is 2. The maximum absolute atomic E-state index is 12.8. The number of methoxy groups -OCH3 is 2. The maximum atomic E-state index is 12.8. The van der Waals surface area contributed by atoms with Gasteiger partial charge >= 0.3 is 0 Å². The van der Waals surface area contributed by atoms with Crippen LogP contribution in [-0.4, -0.2) is 68.3 Å². The van der Waals surface area contributed by atoms with Crippen LogP contribution in [0.1, 0.15) is 12.0 Å². The zero-order valence-electron chi connectivity index (χ0n) is 21.1. The second-order valence-corrected chi connectivity index (χ2v) is 8.68. The summed E-state index contributed by atoms with van der Waals surface area (Å²) in [7, 11) is 3.16. The molecule has 2 heterocycles. The van der Waals surface area contributed by atoms with Crippen LogP contribution < -0.4 is 19.5 Å². The summed E-state index contributed by atoms with van der Waals surface area (Å²) in [5.41, 5.74) is 1.98. The average molecular weight is 518 g/mol. The summed E-state index contributed by atoms with van der Waals surface area (Å²) >= 11 is 0. The van der Waals surface area contributed by atoms with Gasteiger partial charge in [-0.1, -0.05) is 0 Å². The van der Waals surface area contributed by atoms with Crippen LogP contribution in [-0.2, 0) is 19.1 Å². The third-order valence-corrected chi connectivity index (χ3v) is 6.14. The van der Waals surface area contributed by atoms with Crippen molar-refractivity contribution >= 4 is 39.5 Å². The van der Waals surface area contributed by atoms with Crippen LogP contribution in [0.15, 0.2) is 54.9 Å². The Kier molecular flexibility index (Phi) is 7.62. The van der Waals surface area contributed by atoms with Crippen molar-refractivity contribution < 1.29 is 33.3 Å². The van der Waals surface area contributed by atoms with E-state index in [1.54, 1.807) is 44.6 Å². The predicted octanol–water partition coefficient (Wildman–Crippen LogP) is 3.67. The minimum atomic E-state index is -0.277. The van der Waals surface area contributed by atoms with Crippen molar-refractivity contribution in [1.29, 1.82) is 0 Å². The summed E-state index contributed by atoms with van der Waals surface area (Å²) in [6, 6.07) is 8.91. The third kappa shape index (κ3) is 5.51. The van der Waals surface area contributed by atoms with Gasteiger partial charge in [0.05, 0.1) is 32.4 Å². The molecule has 1 fully saturated rings. The van der Waals surface area contributed by atoms with Crippen LogP contribution in [0.25, 0.3) is 16.5 Å². The molecular weight excluding hydrogens is 490 g/mol. The Morgan fingerprint density at radius 1 is 1.05 bits per heavy atom. The van der Waals surface area contributed by atoms with E-state index in [-0.39, 0.29) is 23.2 Å². The van der Waals surface area contributed by atoms with Crippen molar-refractivity contribution in [3.05, 3.63) is 60.5 Å². The van der Waals surface area contributed by atoms with Gasteiger partial charge in [-0.25, -0.2) is 9.97 Å². The number of carbonyl (C=O) groups excluding carboxylic acids is 2. The van der Waals surface area contributed by atoms with E-state index in [4.69, 9.17) is 23.7 Å². The largest absolute Gasteiger partial charge is 0.493 e. The molecule has 3 aromatic rings. The van der Waals surface area contributed by atoms with Crippen molar-refractivity contribution in [3.63, 3.8) is 0 Å². The van der Waals surface area contributed by atoms with E-state index < -0.39 is 0 Å². The number of nitrogens with one attached hydrogen (secondary N) is 1. The number of benzene rings is 2. The first-order valence-electron chi connectivity index (χ1n) is 12.1. The highest BCUT2D eigenvalue weighted by Crippen LogP contribution is 2.37. The quantitative estimate of drug-likeness (QED) is 0.315. The fourth-order valence-corrected chi connectivity index (χ4v) is 4.24. The Bertz CT molecular complexity index is 1430. The molecule has 0 amide bonds. The van der Waals surface area contributed by atoms with Crippen LogP contribution in [0.4, 0.5) is 11.5 Å². The molecule has 196 valence electrons. The molecule has 0 unspecified atom stereocenters. The highest BCUT2D eigenvalue weighted by molar-refractivity contribution is 6.34. The molecule has 10 heteroatoms. The predicted molar refractivity (Wildman–Crippen MR) is 140 cm³/mol. The Morgan fingerprint density at radius 3 is 2.74 bits per heavy atom. The standard InChI is InChI=1S/C28H27N3O7/c1-34-9-10-37-27-14-24-22(13-26(27)35-2)28(30-16-29-24)31-23-5-4-18(38-19-7-8-36-15-19)12-20(23)21-11-17(32)3-6-25(21)33/h3-6,11-14,16,19H,7-10,15H2,1-2H3,(H,29,30,31)/t19-/m1/s1. The zero-order chi connectivity index (χ0) is 26.5. The van der Waals surface area contributed by atoms with Gasteiger partial charge in [-0.15, -0.1) is 0 Å². The second kappa shape index (κ2) is 11.4. The van der Waals surface area contributed by atoms with Gasteiger partial charge in [0.2, 0.25) is 0 Å². The summed E-state index contributed by atoms with van der Waals surface area (Å²) < 4.78 is 27.9. The Balaban J connectivity index is 1.53. The first-order chi connectivity index (χ1) is 18.6. The number of ether oxygens (including phenoxy) is 5. The van der Waals surface area contributed by atoms with Crippen LogP contribution in [0.3, 0.4) is 0 Å². The lowest BCUT2D eigenvalue weighted by molar-refractivity contribution is -0.113. The number of hydrogen-bond donors (Lipinski definition) is 1. The molecule has 1 saturated heterocycles. The van der Waals surface area contributed by atoms with Gasteiger partial charge in [0, 0.05) is 41.8 Å². The number of ketones is 2. The van der Waals surface area contributed by atoms with Gasteiger partial charge in [-0.05, 0) is 42.5 Å². The zero-order valence-corrected chi connectivity index (χ0v) is 21.1. The molecule has 0 bridgehead atoms. The van der Waals surface area contributed by atoms with Crippen LogP contribution in [0, 0.1) is 0 Å². The number of anilines is 2. The summed E-state index contributed by atoms with van der Waals surface area (Å²) in [6.07, 6.45) is 6.00. The molecule has 1 aliphatic heterocycles. The van der Waals surface area contributed by atoms with E-state index in [1.165, 1.54) is 24.6 Å². The molecule has 1 aromatic heterocycles. The van der Waals surface area contributed by atoms with Gasteiger partial charge in [0.25, 0.3) is 0 Å². The molecule has 0 saturated carbocycles. The number of rotatable bonds is 10. The van der Waals surface area contributed by atoms with E-state index in [0.29, 0.717) is 71.6 Å². The number of carbonyl (C=O) groups is 2. The van der Waals surface area contributed by atoms with Gasteiger partial charge in [0.1, 0.15) is 30.6 Å². The molecule has 1 atom stereocenters. The van der Waals surface area contributed by atoms with Gasteiger partial charge < -0.3 is 29.0 Å².